The van der Waals surface area contributed by atoms with Crippen LogP contribution < -0.4 is 15.4 Å². The maximum atomic E-state index is 12.7. The lowest BCUT2D eigenvalue weighted by molar-refractivity contribution is -0.122. The number of nitrogens with one attached hydrogen (secondary N) is 2. The van der Waals surface area contributed by atoms with Crippen molar-refractivity contribution in [2.75, 3.05) is 32.1 Å². The average molecular weight is 451 g/mol. The van der Waals surface area contributed by atoms with Crippen LogP contribution in [0.3, 0.4) is 0 Å². The Morgan fingerprint density at radius 3 is 2.85 bits per heavy atom. The number of nitrogens with zero attached hydrogens (tertiary/aromatic N) is 2. The second-order valence-electron chi connectivity index (χ2n) is 9.36. The molecule has 3 atom stereocenters. The molecule has 176 valence electrons. The summed E-state index contributed by atoms with van der Waals surface area (Å²) in [6.45, 7) is 4.24. The standard InChI is InChI=1S/C26H34N4O3/c1-18(31)29-23-8-9-25(33-2)22(12-23)14-28-26(32)17-30-15-21-7-3-6-20(24(21)16-30)11-19-5-4-10-27-13-19/h4-5,8-10,12-13,20-21,24H,3,6-7,11,14-17H2,1-2H3,(H,28,32)(H,29,31)/t20-,21-,24-/m1/s1. The minimum Gasteiger partial charge on any atom is -0.496 e. The van der Waals surface area contributed by atoms with E-state index in [1.807, 2.05) is 24.5 Å². The van der Waals surface area contributed by atoms with Gasteiger partial charge in [-0.05, 0) is 66.8 Å². The van der Waals surface area contributed by atoms with Gasteiger partial charge in [0.05, 0.1) is 13.7 Å². The fraction of sp³-hybridized carbons (Fsp3) is 0.500. The molecule has 33 heavy (non-hydrogen) atoms. The third-order valence-corrected chi connectivity index (χ3v) is 6.99. The third-order valence-electron chi connectivity index (χ3n) is 6.99. The van der Waals surface area contributed by atoms with E-state index in [9.17, 15) is 9.59 Å². The van der Waals surface area contributed by atoms with E-state index in [0.717, 1.165) is 25.1 Å². The van der Waals surface area contributed by atoms with Crippen LogP contribution in [-0.2, 0) is 22.6 Å². The molecule has 4 rings (SSSR count). The van der Waals surface area contributed by atoms with Gasteiger partial charge in [0.1, 0.15) is 5.75 Å². The molecule has 1 saturated heterocycles. The SMILES string of the molecule is COc1ccc(NC(C)=O)cc1CNC(=O)CN1C[C@H]2CCC[C@H](Cc3cccnc3)[C@H]2C1. The number of aromatic nitrogens is 1. The summed E-state index contributed by atoms with van der Waals surface area (Å²) in [5.41, 5.74) is 2.84. The van der Waals surface area contributed by atoms with Crippen LogP contribution >= 0.6 is 0 Å². The second-order valence-corrected chi connectivity index (χ2v) is 9.36. The number of ether oxygens (including phenoxy) is 1. The summed E-state index contributed by atoms with van der Waals surface area (Å²) in [4.78, 5) is 30.7. The molecular weight excluding hydrogens is 416 g/mol. The molecular formula is C26H34N4O3. The van der Waals surface area contributed by atoms with Crippen molar-refractivity contribution in [1.29, 1.82) is 0 Å². The molecule has 2 N–H and O–H groups in total. The topological polar surface area (TPSA) is 83.6 Å². The normalized spacial score (nSPS) is 22.4. The first kappa shape index (κ1) is 23.2. The molecule has 1 aliphatic carbocycles. The van der Waals surface area contributed by atoms with E-state index in [1.54, 1.807) is 19.2 Å². The minimum atomic E-state index is -0.132. The first-order valence-electron chi connectivity index (χ1n) is 11.8. The van der Waals surface area contributed by atoms with E-state index in [-0.39, 0.29) is 11.8 Å². The number of carbonyl (C=O) groups is 2. The van der Waals surface area contributed by atoms with Gasteiger partial charge in [-0.2, -0.15) is 0 Å². The summed E-state index contributed by atoms with van der Waals surface area (Å²) in [7, 11) is 1.60. The summed E-state index contributed by atoms with van der Waals surface area (Å²) in [6.07, 6.45) is 8.70. The Balaban J connectivity index is 1.31. The smallest absolute Gasteiger partial charge is 0.234 e. The van der Waals surface area contributed by atoms with Gasteiger partial charge in [-0.15, -0.1) is 0 Å². The summed E-state index contributed by atoms with van der Waals surface area (Å²) >= 11 is 0. The van der Waals surface area contributed by atoms with Crippen LogP contribution in [0.1, 0.15) is 37.3 Å². The van der Waals surface area contributed by atoms with Crippen molar-refractivity contribution in [1.82, 2.24) is 15.2 Å². The van der Waals surface area contributed by atoms with Gasteiger partial charge in [-0.1, -0.05) is 12.5 Å². The van der Waals surface area contributed by atoms with Crippen LogP contribution in [0.25, 0.3) is 0 Å². The number of methoxy groups -OCH3 is 1. The van der Waals surface area contributed by atoms with Crippen LogP contribution in [-0.4, -0.2) is 48.4 Å². The summed E-state index contributed by atoms with van der Waals surface area (Å²) in [5, 5.41) is 5.81. The van der Waals surface area contributed by atoms with E-state index in [2.05, 4.69) is 26.6 Å². The highest BCUT2D eigenvalue weighted by atomic mass is 16.5. The Bertz CT molecular complexity index is 965. The van der Waals surface area contributed by atoms with Gasteiger partial charge in [0.2, 0.25) is 11.8 Å². The van der Waals surface area contributed by atoms with E-state index < -0.39 is 0 Å². The van der Waals surface area contributed by atoms with Crippen molar-refractivity contribution >= 4 is 17.5 Å². The van der Waals surface area contributed by atoms with Gasteiger partial charge >= 0.3 is 0 Å². The quantitative estimate of drug-likeness (QED) is 0.645. The number of likely N-dealkylation sites (tertiary alicyclic amines) is 1. The number of amides is 2. The first-order chi connectivity index (χ1) is 16.0. The Hall–Kier alpha value is -2.93. The highest BCUT2D eigenvalue weighted by Gasteiger charge is 2.40. The van der Waals surface area contributed by atoms with Crippen LogP contribution in [0, 0.1) is 17.8 Å². The molecule has 7 heteroatoms. The van der Waals surface area contributed by atoms with Gasteiger partial charge < -0.3 is 15.4 Å². The number of carbonyl (C=O) groups excluding carboxylic acids is 2. The van der Waals surface area contributed by atoms with E-state index in [1.165, 1.54) is 31.7 Å². The van der Waals surface area contributed by atoms with Crippen LogP contribution in [0.2, 0.25) is 0 Å². The fourth-order valence-electron chi connectivity index (χ4n) is 5.54. The zero-order chi connectivity index (χ0) is 23.2. The van der Waals surface area contributed by atoms with Gasteiger partial charge in [-0.25, -0.2) is 0 Å². The molecule has 1 aromatic carbocycles. The third kappa shape index (κ3) is 6.11. The zero-order valence-corrected chi connectivity index (χ0v) is 19.5. The maximum Gasteiger partial charge on any atom is 0.234 e. The first-order valence-corrected chi connectivity index (χ1v) is 11.8. The van der Waals surface area contributed by atoms with Crippen molar-refractivity contribution in [2.45, 2.75) is 39.2 Å². The Morgan fingerprint density at radius 1 is 1.21 bits per heavy atom. The summed E-state index contributed by atoms with van der Waals surface area (Å²) in [5.74, 6) is 2.58. The number of pyridine rings is 1. The second kappa shape index (κ2) is 10.8. The van der Waals surface area contributed by atoms with Crippen molar-refractivity contribution in [3.05, 3.63) is 53.9 Å². The van der Waals surface area contributed by atoms with E-state index in [0.29, 0.717) is 42.3 Å². The molecule has 2 fully saturated rings. The Morgan fingerprint density at radius 2 is 2.09 bits per heavy atom. The lowest BCUT2D eigenvalue weighted by Gasteiger charge is -2.33. The van der Waals surface area contributed by atoms with Crippen molar-refractivity contribution < 1.29 is 14.3 Å². The highest BCUT2D eigenvalue weighted by Crippen LogP contribution is 2.41. The van der Waals surface area contributed by atoms with Gasteiger partial charge in [-0.3, -0.25) is 19.5 Å². The largest absolute Gasteiger partial charge is 0.496 e. The van der Waals surface area contributed by atoms with Crippen LogP contribution in [0.15, 0.2) is 42.7 Å². The van der Waals surface area contributed by atoms with Crippen LogP contribution in [0.5, 0.6) is 5.75 Å². The van der Waals surface area contributed by atoms with Gasteiger partial charge in [0, 0.05) is 50.2 Å². The van der Waals surface area contributed by atoms with Crippen molar-refractivity contribution in [3.63, 3.8) is 0 Å². The minimum absolute atomic E-state index is 0.0180. The van der Waals surface area contributed by atoms with E-state index >= 15 is 0 Å². The molecule has 2 aromatic rings. The summed E-state index contributed by atoms with van der Waals surface area (Å²) in [6, 6.07) is 9.63. The monoisotopic (exact) mass is 450 g/mol. The molecule has 2 aliphatic rings. The van der Waals surface area contributed by atoms with E-state index in [4.69, 9.17) is 4.74 Å². The molecule has 1 aliphatic heterocycles. The molecule has 2 amide bonds. The molecule has 2 heterocycles. The van der Waals surface area contributed by atoms with Crippen molar-refractivity contribution in [2.24, 2.45) is 17.8 Å². The maximum absolute atomic E-state index is 12.7. The Labute approximate surface area is 195 Å². The molecule has 1 aromatic heterocycles. The number of rotatable bonds is 8. The van der Waals surface area contributed by atoms with Gasteiger partial charge in [0.15, 0.2) is 0 Å². The lowest BCUT2D eigenvalue weighted by Crippen LogP contribution is -2.36. The molecule has 0 spiro atoms. The predicted molar refractivity (Wildman–Crippen MR) is 128 cm³/mol. The number of fused-ring (bicyclic) bond motifs is 1. The highest BCUT2D eigenvalue weighted by molar-refractivity contribution is 5.88. The van der Waals surface area contributed by atoms with Crippen molar-refractivity contribution in [3.8, 4) is 5.75 Å². The summed E-state index contributed by atoms with van der Waals surface area (Å²) < 4.78 is 5.42. The van der Waals surface area contributed by atoms with Crippen LogP contribution in [0.4, 0.5) is 5.69 Å². The fourth-order valence-corrected chi connectivity index (χ4v) is 5.54. The number of anilines is 1. The molecule has 1 saturated carbocycles. The molecule has 0 bridgehead atoms. The van der Waals surface area contributed by atoms with Gasteiger partial charge in [0.25, 0.3) is 0 Å². The predicted octanol–water partition coefficient (Wildman–Crippen LogP) is 3.26. The number of hydrogen-bond donors (Lipinski definition) is 2. The molecule has 0 radical (unpaired) electrons. The number of benzene rings is 1. The molecule has 7 nitrogen and oxygen atoms in total. The molecule has 0 unspecified atom stereocenters. The average Bonchev–Trinajstić information content (AvgIpc) is 3.21. The Kier molecular flexibility index (Phi) is 7.60. The zero-order valence-electron chi connectivity index (χ0n) is 19.5. The number of hydrogen-bond acceptors (Lipinski definition) is 5. The lowest BCUT2D eigenvalue weighted by atomic mass is 9.72.